The molecule has 0 saturated carbocycles. The van der Waals surface area contributed by atoms with E-state index >= 15 is 0 Å². The highest BCUT2D eigenvalue weighted by Gasteiger charge is 2.40. The maximum absolute atomic E-state index is 13.3. The molecule has 0 aliphatic carbocycles. The molecule has 4 rings (SSSR count). The molecule has 0 unspecified atom stereocenters. The van der Waals surface area contributed by atoms with Crippen LogP contribution in [0.15, 0.2) is 54.9 Å². The van der Waals surface area contributed by atoms with Gasteiger partial charge in [-0.15, -0.1) is 0 Å². The molecule has 1 aromatic heterocycles. The summed E-state index contributed by atoms with van der Waals surface area (Å²) in [7, 11) is 0. The Hall–Kier alpha value is -2.92. The summed E-state index contributed by atoms with van der Waals surface area (Å²) in [5.41, 5.74) is -2.12. The lowest BCUT2D eigenvalue weighted by Crippen LogP contribution is -2.38. The number of H-pyrrole nitrogens is 1. The summed E-state index contributed by atoms with van der Waals surface area (Å²) in [5.74, 6) is 0.325. The molecule has 35 heavy (non-hydrogen) atoms. The molecule has 2 heterocycles. The lowest BCUT2D eigenvalue weighted by Gasteiger charge is -2.39. The molecule has 2 aromatic carbocycles. The van der Waals surface area contributed by atoms with Gasteiger partial charge in [0.15, 0.2) is 6.29 Å². The Balaban J connectivity index is 1.64. The molecule has 4 atom stereocenters. The normalized spacial score (nSPS) is 22.2. The van der Waals surface area contributed by atoms with Crippen molar-refractivity contribution in [3.63, 3.8) is 0 Å². The number of benzene rings is 2. The van der Waals surface area contributed by atoms with E-state index in [1.807, 2.05) is 30.3 Å². The van der Waals surface area contributed by atoms with Gasteiger partial charge in [0.05, 0.1) is 23.8 Å². The first-order valence-electron chi connectivity index (χ1n) is 11.0. The van der Waals surface area contributed by atoms with Crippen LogP contribution in [0.2, 0.25) is 0 Å². The number of nitrogens with one attached hydrogen (secondary N) is 1. The van der Waals surface area contributed by atoms with Crippen molar-refractivity contribution in [1.29, 1.82) is 0 Å². The molecule has 1 aliphatic heterocycles. The largest absolute Gasteiger partial charge is 0.416 e. The highest BCUT2D eigenvalue weighted by Crippen LogP contribution is 2.42. The van der Waals surface area contributed by atoms with E-state index in [1.54, 1.807) is 0 Å². The minimum atomic E-state index is -4.94. The van der Waals surface area contributed by atoms with Crippen molar-refractivity contribution in [1.82, 2.24) is 15.2 Å². The van der Waals surface area contributed by atoms with Crippen LogP contribution < -0.4 is 0 Å². The molecular weight excluding hydrogens is 476 g/mol. The molecule has 0 radical (unpaired) electrons. The van der Waals surface area contributed by atoms with E-state index in [9.17, 15) is 26.3 Å². The molecule has 188 valence electrons. The number of rotatable bonds is 6. The van der Waals surface area contributed by atoms with Gasteiger partial charge in [0.2, 0.25) is 0 Å². The lowest BCUT2D eigenvalue weighted by molar-refractivity contribution is -0.209. The standard InChI is InChI=1S/C24H23F6N3O2/c1-14(17-9-18(23(25,26)27)12-19(10-17)24(28,29)30)35-22-21(15-5-3-2-4-6-15)16(7-8-34-22)11-20-31-13-32-33-20/h2-6,9-10,12-14,16,21-22H,7-8,11H2,1H3,(H,31,32,33)/t14-,16+,21+,22-/m1/s1. The number of ether oxygens (including phenoxy) is 2. The van der Waals surface area contributed by atoms with Crippen LogP contribution >= 0.6 is 0 Å². The highest BCUT2D eigenvalue weighted by molar-refractivity contribution is 5.35. The Morgan fingerprint density at radius 3 is 2.26 bits per heavy atom. The SMILES string of the molecule is C[C@@H](O[C@H]1OCC[C@@H](Cc2ncn[nH]2)[C@@H]1c1ccccc1)c1cc(C(F)(F)F)cc(C(F)(F)F)c1. The average molecular weight is 499 g/mol. The lowest BCUT2D eigenvalue weighted by atomic mass is 9.79. The smallest absolute Gasteiger partial charge is 0.352 e. The Morgan fingerprint density at radius 1 is 1.03 bits per heavy atom. The van der Waals surface area contributed by atoms with Crippen LogP contribution in [-0.2, 0) is 28.2 Å². The molecule has 3 aromatic rings. The number of halogens is 6. The van der Waals surface area contributed by atoms with Gasteiger partial charge in [-0.05, 0) is 48.6 Å². The van der Waals surface area contributed by atoms with Crippen LogP contribution in [0.4, 0.5) is 26.3 Å². The average Bonchev–Trinajstić information content (AvgIpc) is 3.31. The van der Waals surface area contributed by atoms with Crippen LogP contribution in [0.3, 0.4) is 0 Å². The van der Waals surface area contributed by atoms with Gasteiger partial charge in [0.1, 0.15) is 12.2 Å². The number of alkyl halides is 6. The summed E-state index contributed by atoms with van der Waals surface area (Å²) < 4.78 is 91.9. The fourth-order valence-electron chi connectivity index (χ4n) is 4.37. The molecule has 11 heteroatoms. The number of nitrogens with zero attached hydrogens (tertiary/aromatic N) is 2. The Kier molecular flexibility index (Phi) is 7.18. The van der Waals surface area contributed by atoms with Crippen molar-refractivity contribution in [2.45, 2.75) is 50.4 Å². The Labute approximate surface area is 197 Å². The molecular formula is C24H23F6N3O2. The van der Waals surface area contributed by atoms with Crippen molar-refractivity contribution >= 4 is 0 Å². The monoisotopic (exact) mass is 499 g/mol. The maximum Gasteiger partial charge on any atom is 0.416 e. The molecule has 1 aliphatic rings. The molecule has 1 saturated heterocycles. The minimum Gasteiger partial charge on any atom is -0.352 e. The van der Waals surface area contributed by atoms with E-state index in [2.05, 4.69) is 15.2 Å². The van der Waals surface area contributed by atoms with E-state index in [0.29, 0.717) is 37.4 Å². The molecule has 0 bridgehead atoms. The summed E-state index contributed by atoms with van der Waals surface area (Å²) >= 11 is 0. The van der Waals surface area contributed by atoms with Crippen LogP contribution in [0.25, 0.3) is 0 Å². The van der Waals surface area contributed by atoms with Gasteiger partial charge in [-0.3, -0.25) is 5.10 Å². The molecule has 0 amide bonds. The predicted octanol–water partition coefficient (Wildman–Crippen LogP) is 6.31. The summed E-state index contributed by atoms with van der Waals surface area (Å²) in [6, 6.07) is 10.8. The highest BCUT2D eigenvalue weighted by atomic mass is 19.4. The Bertz CT molecular complexity index is 1070. The van der Waals surface area contributed by atoms with E-state index in [0.717, 1.165) is 5.56 Å². The summed E-state index contributed by atoms with van der Waals surface area (Å²) in [6.07, 6.45) is -9.28. The fraction of sp³-hybridized carbons (Fsp3) is 0.417. The molecule has 1 fully saturated rings. The van der Waals surface area contributed by atoms with Crippen LogP contribution in [0.5, 0.6) is 0 Å². The van der Waals surface area contributed by atoms with Gasteiger partial charge in [-0.2, -0.15) is 31.4 Å². The topological polar surface area (TPSA) is 60.0 Å². The molecule has 5 nitrogen and oxygen atoms in total. The number of hydrogen-bond donors (Lipinski definition) is 1. The van der Waals surface area contributed by atoms with Gasteiger partial charge in [-0.25, -0.2) is 4.98 Å². The number of aromatic amines is 1. The fourth-order valence-corrected chi connectivity index (χ4v) is 4.37. The van der Waals surface area contributed by atoms with Crippen molar-refractivity contribution in [3.8, 4) is 0 Å². The van der Waals surface area contributed by atoms with Crippen molar-refractivity contribution in [2.75, 3.05) is 6.61 Å². The Morgan fingerprint density at radius 2 is 1.69 bits per heavy atom. The predicted molar refractivity (Wildman–Crippen MR) is 113 cm³/mol. The zero-order valence-corrected chi connectivity index (χ0v) is 18.6. The van der Waals surface area contributed by atoms with Gasteiger partial charge >= 0.3 is 12.4 Å². The number of hydrogen-bond acceptors (Lipinski definition) is 4. The third kappa shape index (κ3) is 6.02. The van der Waals surface area contributed by atoms with Crippen molar-refractivity contribution in [3.05, 3.63) is 82.9 Å². The second-order valence-corrected chi connectivity index (χ2v) is 8.48. The van der Waals surface area contributed by atoms with E-state index in [1.165, 1.54) is 13.3 Å². The van der Waals surface area contributed by atoms with Crippen molar-refractivity contribution in [2.24, 2.45) is 5.92 Å². The summed E-state index contributed by atoms with van der Waals surface area (Å²) in [6.45, 7) is 1.73. The summed E-state index contributed by atoms with van der Waals surface area (Å²) in [5, 5.41) is 6.69. The third-order valence-electron chi connectivity index (χ3n) is 6.09. The van der Waals surface area contributed by atoms with Gasteiger partial charge < -0.3 is 9.47 Å². The first-order chi connectivity index (χ1) is 16.5. The van der Waals surface area contributed by atoms with E-state index < -0.39 is 35.9 Å². The van der Waals surface area contributed by atoms with Gasteiger partial charge in [0, 0.05) is 12.3 Å². The van der Waals surface area contributed by atoms with Gasteiger partial charge in [0.25, 0.3) is 0 Å². The molecule has 1 N–H and O–H groups in total. The maximum atomic E-state index is 13.3. The zero-order valence-electron chi connectivity index (χ0n) is 18.6. The number of aromatic nitrogens is 3. The first kappa shape index (κ1) is 25.2. The van der Waals surface area contributed by atoms with Crippen molar-refractivity contribution < 1.29 is 35.8 Å². The quantitative estimate of drug-likeness (QED) is 0.404. The molecule has 0 spiro atoms. The summed E-state index contributed by atoms with van der Waals surface area (Å²) in [4.78, 5) is 4.18. The van der Waals surface area contributed by atoms with Gasteiger partial charge in [-0.1, -0.05) is 30.3 Å². The third-order valence-corrected chi connectivity index (χ3v) is 6.09. The van der Waals surface area contributed by atoms with Crippen LogP contribution in [-0.4, -0.2) is 28.1 Å². The second-order valence-electron chi connectivity index (χ2n) is 8.48. The van der Waals surface area contributed by atoms with E-state index in [-0.39, 0.29) is 23.5 Å². The zero-order chi connectivity index (χ0) is 25.2. The van der Waals surface area contributed by atoms with Crippen LogP contribution in [0.1, 0.15) is 53.4 Å². The minimum absolute atomic E-state index is 0.0106. The second kappa shape index (κ2) is 9.98. The van der Waals surface area contributed by atoms with Crippen LogP contribution in [0, 0.1) is 5.92 Å². The first-order valence-corrected chi connectivity index (χ1v) is 11.0. The van der Waals surface area contributed by atoms with E-state index in [4.69, 9.17) is 9.47 Å².